The van der Waals surface area contributed by atoms with Crippen LogP contribution in [0.15, 0.2) is 36.4 Å². The number of anilines is 1. The van der Waals surface area contributed by atoms with Gasteiger partial charge in [-0.25, -0.2) is 18.4 Å². The summed E-state index contributed by atoms with van der Waals surface area (Å²) in [4.78, 5) is 102. The average molecular weight is 824 g/mol. The number of ether oxygens (including phenoxy) is 3. The summed E-state index contributed by atoms with van der Waals surface area (Å²) in [6.45, 7) is 3.21. The van der Waals surface area contributed by atoms with Crippen LogP contribution in [-0.2, 0) is 39.9 Å². The van der Waals surface area contributed by atoms with Crippen LogP contribution >= 0.6 is 0 Å². The number of carbonyl (C=O) groups excluding carboxylic acids is 7. The Kier molecular flexibility index (Phi) is 12.2. The molecule has 316 valence electrons. The smallest absolute Gasteiger partial charge is 0.328 e. The van der Waals surface area contributed by atoms with Crippen molar-refractivity contribution in [1.29, 1.82) is 0 Å². The van der Waals surface area contributed by atoms with Crippen molar-refractivity contribution in [3.8, 4) is 11.5 Å². The summed E-state index contributed by atoms with van der Waals surface area (Å²) in [6.07, 6.45) is 2.11. The van der Waals surface area contributed by atoms with Gasteiger partial charge in [0.1, 0.15) is 54.5 Å². The Morgan fingerprint density at radius 1 is 0.814 bits per heavy atom. The van der Waals surface area contributed by atoms with Crippen LogP contribution in [0.3, 0.4) is 0 Å². The number of nitrogens with one attached hydrogen (secondary N) is 4. The van der Waals surface area contributed by atoms with Gasteiger partial charge in [0.05, 0.1) is 0 Å². The summed E-state index contributed by atoms with van der Waals surface area (Å²) >= 11 is 0. The van der Waals surface area contributed by atoms with Crippen molar-refractivity contribution in [2.75, 3.05) is 38.4 Å². The lowest BCUT2D eigenvalue weighted by Crippen LogP contribution is -2.62. The molecule has 0 bridgehead atoms. The molecular formula is C40H47F2N7O10. The highest BCUT2D eigenvalue weighted by Gasteiger charge is 2.46. The van der Waals surface area contributed by atoms with Gasteiger partial charge in [0.15, 0.2) is 11.5 Å². The number of benzene rings is 2. The summed E-state index contributed by atoms with van der Waals surface area (Å²) in [5.41, 5.74) is 0.269. The third kappa shape index (κ3) is 9.18. The van der Waals surface area contributed by atoms with Crippen molar-refractivity contribution in [2.24, 2.45) is 5.92 Å². The molecule has 0 spiro atoms. The first-order valence-electron chi connectivity index (χ1n) is 19.9. The van der Waals surface area contributed by atoms with Gasteiger partial charge in [-0.15, -0.1) is 0 Å². The number of carbonyl (C=O) groups is 7. The normalized spacial score (nSPS) is 26.6. The second kappa shape index (κ2) is 17.5. The van der Waals surface area contributed by atoms with Crippen LogP contribution in [-0.4, -0.2) is 126 Å². The molecule has 17 nitrogen and oxygen atoms in total. The van der Waals surface area contributed by atoms with E-state index in [4.69, 9.17) is 14.2 Å². The van der Waals surface area contributed by atoms with Crippen molar-refractivity contribution < 1.29 is 56.6 Å². The Morgan fingerprint density at radius 3 is 2.31 bits per heavy atom. The van der Waals surface area contributed by atoms with E-state index in [0.29, 0.717) is 43.2 Å². The Hall–Kier alpha value is -6.01. The molecule has 0 aromatic heterocycles. The molecule has 19 heteroatoms. The van der Waals surface area contributed by atoms with Gasteiger partial charge in [0, 0.05) is 43.9 Å². The molecule has 7 amide bonds. The Labute approximate surface area is 338 Å². The van der Waals surface area contributed by atoms with Gasteiger partial charge in [-0.1, -0.05) is 6.92 Å². The number of piperidine rings is 1. The largest absolute Gasteiger partial charge is 0.461 e. The van der Waals surface area contributed by atoms with Crippen LogP contribution in [0.4, 0.5) is 19.3 Å². The molecule has 0 radical (unpaired) electrons. The molecule has 0 saturated carbocycles. The monoisotopic (exact) mass is 823 g/mol. The molecule has 2 aromatic carbocycles. The maximum absolute atomic E-state index is 14.5. The number of hydrogen-bond donors (Lipinski definition) is 4. The minimum Gasteiger partial charge on any atom is -0.461 e. The fraction of sp³-hybridized carbons (Fsp3) is 0.525. The number of esters is 1. The Balaban J connectivity index is 1.18. The zero-order valence-corrected chi connectivity index (χ0v) is 32.7. The first-order chi connectivity index (χ1) is 28.2. The first-order valence-corrected chi connectivity index (χ1v) is 19.9. The summed E-state index contributed by atoms with van der Waals surface area (Å²) in [6, 6.07) is -0.813. The molecule has 2 aromatic rings. The van der Waals surface area contributed by atoms with Crippen LogP contribution in [0, 0.1) is 17.6 Å². The fourth-order valence-electron chi connectivity index (χ4n) is 8.46. The van der Waals surface area contributed by atoms with Gasteiger partial charge in [-0.2, -0.15) is 0 Å². The summed E-state index contributed by atoms with van der Waals surface area (Å²) in [7, 11) is 0. The highest BCUT2D eigenvalue weighted by Crippen LogP contribution is 2.34. The first kappa shape index (κ1) is 41.2. The van der Waals surface area contributed by atoms with Crippen LogP contribution < -0.4 is 30.7 Å². The Bertz CT molecular complexity index is 2000. The van der Waals surface area contributed by atoms with E-state index in [0.717, 1.165) is 12.1 Å². The zero-order valence-electron chi connectivity index (χ0n) is 32.7. The van der Waals surface area contributed by atoms with E-state index < -0.39 is 102 Å². The van der Waals surface area contributed by atoms with E-state index in [1.165, 1.54) is 33.8 Å². The molecule has 4 N–H and O–H groups in total. The predicted octanol–water partition coefficient (Wildman–Crippen LogP) is 1.58. The minimum atomic E-state index is -1.61. The molecule has 7 rings (SSSR count). The van der Waals surface area contributed by atoms with Gasteiger partial charge in [0.25, 0.3) is 0 Å². The number of urea groups is 1. The Morgan fingerprint density at radius 2 is 1.53 bits per heavy atom. The standard InChI is InChI=1S/C40H47F2N7O10/c1-21-12-31-39(55)57-19-28(37(53)48-11-5-7-30(48)38(54)47-10-4-3-6-29(47)35(51)43-22(2)36(52)49(31)18-21)45-34(50)27(15-23-13-24(41)16-25(42)14-23)46-40(56)44-26-8-9-32-33(17-26)59-20-58-32/h8-9,13-14,16-17,21-22,27-31H,3-7,10-12,15,18-20H2,1-2H3,(H,43,51)(H,45,50)(H2,44,46,56)/t21-,22-,27-,28-,29?,30?,31?/m0/s1. The number of rotatable bonds is 6. The molecular weight excluding hydrogens is 776 g/mol. The molecule has 5 heterocycles. The minimum absolute atomic E-state index is 0.00133. The highest BCUT2D eigenvalue weighted by molar-refractivity contribution is 5.98. The second-order valence-electron chi connectivity index (χ2n) is 15.7. The van der Waals surface area contributed by atoms with E-state index in [2.05, 4.69) is 21.3 Å². The van der Waals surface area contributed by atoms with Crippen molar-refractivity contribution in [1.82, 2.24) is 30.7 Å². The molecule has 4 fully saturated rings. The zero-order chi connectivity index (χ0) is 42.0. The van der Waals surface area contributed by atoms with Crippen LogP contribution in [0.25, 0.3) is 0 Å². The van der Waals surface area contributed by atoms with Gasteiger partial charge >= 0.3 is 12.0 Å². The number of amides is 7. The average Bonchev–Trinajstić information content (AvgIpc) is 3.97. The lowest BCUT2D eigenvalue weighted by Gasteiger charge is -2.39. The quantitative estimate of drug-likeness (QED) is 0.310. The maximum Gasteiger partial charge on any atom is 0.328 e. The van der Waals surface area contributed by atoms with Crippen LogP contribution in [0.2, 0.25) is 0 Å². The van der Waals surface area contributed by atoms with Crippen molar-refractivity contribution in [3.63, 3.8) is 0 Å². The van der Waals surface area contributed by atoms with Crippen LogP contribution in [0.5, 0.6) is 11.5 Å². The SMILES string of the molecule is C[C@H]1CC2C(=O)OC[C@H](NC(=O)[C@H](Cc3cc(F)cc(F)c3)NC(=O)Nc3ccc4c(c3)OCO4)C(=O)N3CCCC3C(=O)N3CCCCC3C(=O)N[C@@H](C)C(=O)N2C1. The second-order valence-corrected chi connectivity index (χ2v) is 15.7. The third-order valence-electron chi connectivity index (χ3n) is 11.3. The van der Waals surface area contributed by atoms with E-state index in [1.54, 1.807) is 6.07 Å². The maximum atomic E-state index is 14.5. The lowest BCUT2D eigenvalue weighted by molar-refractivity contribution is -0.158. The number of halogens is 2. The summed E-state index contributed by atoms with van der Waals surface area (Å²) in [5, 5.41) is 10.4. The molecule has 5 aliphatic heterocycles. The number of nitrogens with zero attached hydrogens (tertiary/aromatic N) is 3. The number of hydrogen-bond acceptors (Lipinski definition) is 10. The molecule has 59 heavy (non-hydrogen) atoms. The van der Waals surface area contributed by atoms with Crippen LogP contribution in [0.1, 0.15) is 57.9 Å². The van der Waals surface area contributed by atoms with Crippen molar-refractivity contribution in [3.05, 3.63) is 53.6 Å². The van der Waals surface area contributed by atoms with Crippen molar-refractivity contribution in [2.45, 2.75) is 95.0 Å². The molecule has 4 saturated heterocycles. The van der Waals surface area contributed by atoms with Gasteiger partial charge < -0.3 is 50.2 Å². The summed E-state index contributed by atoms with van der Waals surface area (Å²) < 4.78 is 45.0. The van der Waals surface area contributed by atoms with E-state index in [-0.39, 0.29) is 56.4 Å². The van der Waals surface area contributed by atoms with Gasteiger partial charge in [-0.05, 0) is 81.2 Å². The van der Waals surface area contributed by atoms with E-state index in [1.807, 2.05) is 6.92 Å². The fourth-order valence-corrected chi connectivity index (χ4v) is 8.46. The predicted molar refractivity (Wildman–Crippen MR) is 202 cm³/mol. The van der Waals surface area contributed by atoms with Gasteiger partial charge in [0.2, 0.25) is 36.3 Å². The molecule has 5 aliphatic rings. The van der Waals surface area contributed by atoms with Gasteiger partial charge in [-0.3, -0.25) is 24.0 Å². The molecule has 0 aliphatic carbocycles. The number of cyclic esters (lactones) is 1. The van der Waals surface area contributed by atoms with E-state index >= 15 is 0 Å². The number of fused-ring (bicyclic) bond motifs is 4. The lowest BCUT2D eigenvalue weighted by atomic mass is 9.99. The molecule has 7 atom stereocenters. The third-order valence-corrected chi connectivity index (χ3v) is 11.3. The summed E-state index contributed by atoms with van der Waals surface area (Å²) in [5.74, 6) is -5.23. The van der Waals surface area contributed by atoms with E-state index in [9.17, 15) is 42.3 Å². The van der Waals surface area contributed by atoms with Crippen molar-refractivity contribution >= 4 is 47.2 Å². The topological polar surface area (TPSA) is 205 Å². The molecule has 3 unspecified atom stereocenters. The highest BCUT2D eigenvalue weighted by atomic mass is 19.1.